The van der Waals surface area contributed by atoms with Gasteiger partial charge < -0.3 is 14.2 Å². The van der Waals surface area contributed by atoms with E-state index in [1.165, 1.54) is 38.5 Å². The lowest BCUT2D eigenvalue weighted by molar-refractivity contribution is -0.272. The molecule has 1 spiro atoms. The molecule has 0 aromatic rings. The fourth-order valence-corrected chi connectivity index (χ4v) is 10.5. The van der Waals surface area contributed by atoms with Crippen molar-refractivity contribution in [2.24, 2.45) is 46.3 Å². The molecule has 4 heteroatoms. The molecule has 4 aliphatic carbocycles. The van der Waals surface area contributed by atoms with Gasteiger partial charge in [-0.1, -0.05) is 59.1 Å². The molecule has 6 rings (SSSR count). The fraction of sp³-hybridized carbons (Fsp3) is 0.909. The average Bonchev–Trinajstić information content (AvgIpc) is 3.31. The summed E-state index contributed by atoms with van der Waals surface area (Å²) in [6.07, 6.45) is 17.4. The van der Waals surface area contributed by atoms with Crippen molar-refractivity contribution in [3.05, 3.63) is 11.6 Å². The minimum absolute atomic E-state index is 0.0190. The number of ether oxygens (including phenoxy) is 3. The van der Waals surface area contributed by atoms with Crippen LogP contribution in [-0.4, -0.2) is 30.6 Å². The Hall–Kier alpha value is -0.870. The van der Waals surface area contributed by atoms with Gasteiger partial charge in [-0.2, -0.15) is 0 Å². The molecule has 0 bridgehead atoms. The zero-order valence-electron chi connectivity index (χ0n) is 24.2. The SMILES string of the molecule is CCCCCC(=O)OC1CC[C@@]2(C)C(=CCC3C4CC5OC6(CCC(C)CO6)C(C)C5[C@@]4(C)CCC32)C1. The Bertz CT molecular complexity index is 902. The minimum atomic E-state index is -0.315. The Labute approximate surface area is 225 Å². The number of hydrogen-bond donors (Lipinski definition) is 0. The lowest BCUT2D eigenvalue weighted by atomic mass is 9.47. The summed E-state index contributed by atoms with van der Waals surface area (Å²) >= 11 is 0. The molecule has 6 aliphatic rings. The van der Waals surface area contributed by atoms with Gasteiger partial charge >= 0.3 is 5.97 Å². The lowest BCUT2D eigenvalue weighted by Gasteiger charge is -2.58. The second-order valence-electron chi connectivity index (χ2n) is 14.6. The van der Waals surface area contributed by atoms with Gasteiger partial charge in [-0.05, 0) is 91.8 Å². The van der Waals surface area contributed by atoms with E-state index >= 15 is 0 Å². The molecule has 0 aromatic carbocycles. The van der Waals surface area contributed by atoms with Crippen LogP contribution in [0, 0.1) is 46.3 Å². The third-order valence-corrected chi connectivity index (χ3v) is 12.6. The van der Waals surface area contributed by atoms with E-state index in [0.717, 1.165) is 62.9 Å². The van der Waals surface area contributed by atoms with Crippen molar-refractivity contribution in [3.8, 4) is 0 Å². The largest absolute Gasteiger partial charge is 0.462 e. The number of allylic oxidation sites excluding steroid dienone is 1. The van der Waals surface area contributed by atoms with Gasteiger partial charge in [0.05, 0.1) is 12.7 Å². The molecule has 0 amide bonds. The standard InChI is InChI=1S/C33H52O4/c1-6-7-8-9-29(34)36-24-13-15-31(4)23(18-24)10-11-25-26(31)14-16-32(5)27(25)19-28-30(32)22(3)33(37-28)17-12-21(2)20-35-33/h10,21-22,24-28,30H,6-9,11-20H2,1-5H3/t21?,22?,24?,25?,26?,27?,28?,30?,31-,32-,33?/m0/s1. The molecule has 0 radical (unpaired) electrons. The van der Waals surface area contributed by atoms with Gasteiger partial charge in [-0.15, -0.1) is 0 Å². The lowest BCUT2D eigenvalue weighted by Crippen LogP contribution is -2.52. The summed E-state index contributed by atoms with van der Waals surface area (Å²) in [6, 6.07) is 0. The maximum Gasteiger partial charge on any atom is 0.306 e. The molecule has 3 saturated carbocycles. The molecule has 208 valence electrons. The summed E-state index contributed by atoms with van der Waals surface area (Å²) in [6.45, 7) is 13.0. The Kier molecular flexibility index (Phi) is 6.87. The van der Waals surface area contributed by atoms with E-state index in [2.05, 4.69) is 40.7 Å². The number of carbonyl (C=O) groups is 1. The van der Waals surface area contributed by atoms with Crippen molar-refractivity contribution in [2.45, 2.75) is 136 Å². The van der Waals surface area contributed by atoms with Gasteiger partial charge in [0.1, 0.15) is 6.10 Å². The molecule has 0 N–H and O–H groups in total. The molecule has 2 saturated heterocycles. The quantitative estimate of drug-likeness (QED) is 0.214. The summed E-state index contributed by atoms with van der Waals surface area (Å²) < 4.78 is 19.4. The maximum atomic E-state index is 12.4. The Balaban J connectivity index is 1.15. The van der Waals surface area contributed by atoms with Crippen LogP contribution in [-0.2, 0) is 19.0 Å². The van der Waals surface area contributed by atoms with Crippen LogP contribution < -0.4 is 0 Å². The van der Waals surface area contributed by atoms with Gasteiger partial charge in [-0.25, -0.2) is 0 Å². The molecular weight excluding hydrogens is 460 g/mol. The van der Waals surface area contributed by atoms with Crippen LogP contribution in [0.4, 0.5) is 0 Å². The zero-order valence-corrected chi connectivity index (χ0v) is 24.2. The van der Waals surface area contributed by atoms with Gasteiger partial charge in [0.15, 0.2) is 5.79 Å². The monoisotopic (exact) mass is 512 g/mol. The minimum Gasteiger partial charge on any atom is -0.462 e. The predicted molar refractivity (Wildman–Crippen MR) is 146 cm³/mol. The topological polar surface area (TPSA) is 44.8 Å². The van der Waals surface area contributed by atoms with Crippen molar-refractivity contribution in [3.63, 3.8) is 0 Å². The number of unbranched alkanes of at least 4 members (excludes halogenated alkanes) is 2. The summed E-state index contributed by atoms with van der Waals surface area (Å²) in [5.41, 5.74) is 2.25. The van der Waals surface area contributed by atoms with E-state index in [0.29, 0.717) is 35.7 Å². The molecule has 5 fully saturated rings. The number of esters is 1. The normalized spacial score (nSPS) is 50.6. The van der Waals surface area contributed by atoms with Gasteiger partial charge in [0.25, 0.3) is 0 Å². The summed E-state index contributed by atoms with van der Waals surface area (Å²) in [5, 5.41) is 0. The van der Waals surface area contributed by atoms with E-state index in [9.17, 15) is 4.79 Å². The Morgan fingerprint density at radius 3 is 2.68 bits per heavy atom. The third kappa shape index (κ3) is 4.17. The first-order valence-corrected chi connectivity index (χ1v) is 15.9. The van der Waals surface area contributed by atoms with Crippen molar-refractivity contribution in [2.75, 3.05) is 6.61 Å². The van der Waals surface area contributed by atoms with Crippen LogP contribution in [0.1, 0.15) is 118 Å². The number of carbonyl (C=O) groups excluding carboxylic acids is 1. The molecule has 0 aromatic heterocycles. The highest BCUT2D eigenvalue weighted by Crippen LogP contribution is 2.70. The highest BCUT2D eigenvalue weighted by atomic mass is 16.7. The molecule has 9 unspecified atom stereocenters. The van der Waals surface area contributed by atoms with Crippen LogP contribution in [0.15, 0.2) is 11.6 Å². The molecule has 37 heavy (non-hydrogen) atoms. The number of hydrogen-bond acceptors (Lipinski definition) is 4. The molecule has 4 nitrogen and oxygen atoms in total. The first-order chi connectivity index (χ1) is 17.7. The molecule has 2 aliphatic heterocycles. The van der Waals surface area contributed by atoms with E-state index in [1.807, 2.05) is 0 Å². The van der Waals surface area contributed by atoms with E-state index < -0.39 is 0 Å². The highest BCUT2D eigenvalue weighted by Gasteiger charge is 2.68. The summed E-state index contributed by atoms with van der Waals surface area (Å²) in [4.78, 5) is 12.4. The van der Waals surface area contributed by atoms with Crippen molar-refractivity contribution >= 4 is 5.97 Å². The predicted octanol–water partition coefficient (Wildman–Crippen LogP) is 7.85. The highest BCUT2D eigenvalue weighted by molar-refractivity contribution is 5.69. The third-order valence-electron chi connectivity index (χ3n) is 12.6. The average molecular weight is 513 g/mol. The molecule has 11 atom stereocenters. The van der Waals surface area contributed by atoms with Crippen LogP contribution >= 0.6 is 0 Å². The number of rotatable bonds is 5. The Morgan fingerprint density at radius 2 is 1.92 bits per heavy atom. The van der Waals surface area contributed by atoms with Crippen molar-refractivity contribution in [1.29, 1.82) is 0 Å². The first-order valence-electron chi connectivity index (χ1n) is 15.9. The second kappa shape index (κ2) is 9.65. The van der Waals surface area contributed by atoms with Crippen LogP contribution in [0.3, 0.4) is 0 Å². The summed E-state index contributed by atoms with van der Waals surface area (Å²) in [5.74, 6) is 3.77. The smallest absolute Gasteiger partial charge is 0.306 e. The van der Waals surface area contributed by atoms with E-state index in [1.54, 1.807) is 5.57 Å². The first kappa shape index (κ1) is 26.4. The van der Waals surface area contributed by atoms with Crippen LogP contribution in [0.5, 0.6) is 0 Å². The maximum absolute atomic E-state index is 12.4. The second-order valence-corrected chi connectivity index (χ2v) is 14.6. The van der Waals surface area contributed by atoms with Gasteiger partial charge in [0.2, 0.25) is 0 Å². The Morgan fingerprint density at radius 1 is 1.08 bits per heavy atom. The van der Waals surface area contributed by atoms with E-state index in [-0.39, 0.29) is 23.3 Å². The fourth-order valence-electron chi connectivity index (χ4n) is 10.5. The van der Waals surface area contributed by atoms with Gasteiger partial charge in [-0.3, -0.25) is 4.79 Å². The van der Waals surface area contributed by atoms with Crippen LogP contribution in [0.25, 0.3) is 0 Å². The van der Waals surface area contributed by atoms with Crippen LogP contribution in [0.2, 0.25) is 0 Å². The van der Waals surface area contributed by atoms with E-state index in [4.69, 9.17) is 14.2 Å². The van der Waals surface area contributed by atoms with Crippen molar-refractivity contribution in [1.82, 2.24) is 0 Å². The van der Waals surface area contributed by atoms with Crippen molar-refractivity contribution < 1.29 is 19.0 Å². The summed E-state index contributed by atoms with van der Waals surface area (Å²) in [7, 11) is 0. The molecular formula is C33H52O4. The molecule has 2 heterocycles. The van der Waals surface area contributed by atoms with Gasteiger partial charge in [0, 0.05) is 25.2 Å². The number of fused-ring (bicyclic) bond motifs is 7. The zero-order chi connectivity index (χ0) is 26.0.